The number of halogens is 3. The summed E-state index contributed by atoms with van der Waals surface area (Å²) in [5, 5.41) is 0. The Balaban J connectivity index is 3.19. The van der Waals surface area contributed by atoms with Crippen LogP contribution in [0.5, 0.6) is 0 Å². The number of nitrogens with two attached hydrogens (primary N) is 1. The van der Waals surface area contributed by atoms with Crippen molar-refractivity contribution in [2.45, 2.75) is 25.6 Å². The Hall–Kier alpha value is -1.03. The summed E-state index contributed by atoms with van der Waals surface area (Å²) < 4.78 is 39.8. The summed E-state index contributed by atoms with van der Waals surface area (Å²) in [5.41, 5.74) is 3.54. The number of alkyl halides is 1. The molecule has 78 valence electrons. The van der Waals surface area contributed by atoms with Gasteiger partial charge in [0.05, 0.1) is 5.56 Å². The highest BCUT2D eigenvalue weighted by Crippen LogP contribution is 2.31. The van der Waals surface area contributed by atoms with Crippen molar-refractivity contribution in [2.24, 2.45) is 5.73 Å². The molecule has 1 aromatic rings. The quantitative estimate of drug-likeness (QED) is 0.785. The molecule has 0 amide bonds. The molecule has 0 radical (unpaired) electrons. The second-order valence-electron chi connectivity index (χ2n) is 3.82. The molecule has 0 saturated carbocycles. The van der Waals surface area contributed by atoms with E-state index in [0.717, 1.165) is 12.1 Å². The van der Waals surface area contributed by atoms with Crippen molar-refractivity contribution in [1.82, 2.24) is 0 Å². The fourth-order valence-electron chi connectivity index (χ4n) is 1.12. The van der Waals surface area contributed by atoms with E-state index in [-0.39, 0.29) is 0 Å². The number of benzene rings is 1. The monoisotopic (exact) mass is 203 g/mol. The third kappa shape index (κ3) is 2.07. The summed E-state index contributed by atoms with van der Waals surface area (Å²) in [7, 11) is 0. The molecule has 0 bridgehead atoms. The van der Waals surface area contributed by atoms with Crippen LogP contribution in [0.15, 0.2) is 18.2 Å². The first kappa shape index (κ1) is 11.0. The Bertz CT molecular complexity index is 310. The summed E-state index contributed by atoms with van der Waals surface area (Å²) >= 11 is 0. The van der Waals surface area contributed by atoms with Crippen molar-refractivity contribution in [3.8, 4) is 0 Å². The van der Waals surface area contributed by atoms with Crippen molar-refractivity contribution in [3.05, 3.63) is 35.4 Å². The van der Waals surface area contributed by atoms with Gasteiger partial charge in [0, 0.05) is 5.54 Å². The minimum atomic E-state index is -1.86. The van der Waals surface area contributed by atoms with Gasteiger partial charge in [-0.1, -0.05) is 6.07 Å². The zero-order valence-corrected chi connectivity index (χ0v) is 8.02. The third-order valence-electron chi connectivity index (χ3n) is 1.91. The molecule has 0 aliphatic carbocycles. The molecule has 1 rings (SSSR count). The lowest BCUT2D eigenvalue weighted by molar-refractivity contribution is 0.211. The average Bonchev–Trinajstić information content (AvgIpc) is 2.01. The molecule has 0 fully saturated rings. The lowest BCUT2D eigenvalue weighted by Gasteiger charge is -2.24. The van der Waals surface area contributed by atoms with Gasteiger partial charge in [0.15, 0.2) is 0 Å². The van der Waals surface area contributed by atoms with Crippen LogP contribution in [-0.2, 0) is 0 Å². The topological polar surface area (TPSA) is 26.0 Å². The van der Waals surface area contributed by atoms with Gasteiger partial charge in [-0.05, 0) is 26.0 Å². The van der Waals surface area contributed by atoms with Crippen LogP contribution in [0.25, 0.3) is 0 Å². The Morgan fingerprint density at radius 1 is 1.21 bits per heavy atom. The molecular formula is C10H12F3N. The van der Waals surface area contributed by atoms with Crippen LogP contribution in [0.4, 0.5) is 13.2 Å². The molecule has 1 atom stereocenters. The van der Waals surface area contributed by atoms with Crippen molar-refractivity contribution in [2.75, 3.05) is 0 Å². The fraction of sp³-hybridized carbons (Fsp3) is 0.400. The van der Waals surface area contributed by atoms with Crippen molar-refractivity contribution < 1.29 is 13.2 Å². The average molecular weight is 203 g/mol. The molecule has 1 aromatic carbocycles. The molecule has 0 saturated heterocycles. The predicted octanol–water partition coefficient (Wildman–Crippen LogP) is 2.71. The molecule has 4 heteroatoms. The van der Waals surface area contributed by atoms with Gasteiger partial charge < -0.3 is 5.73 Å². The van der Waals surface area contributed by atoms with E-state index in [2.05, 4.69) is 0 Å². The molecule has 0 aromatic heterocycles. The summed E-state index contributed by atoms with van der Waals surface area (Å²) in [6.45, 7) is 2.76. The van der Waals surface area contributed by atoms with Crippen LogP contribution in [0, 0.1) is 11.6 Å². The van der Waals surface area contributed by atoms with Crippen molar-refractivity contribution in [1.29, 1.82) is 0 Å². The van der Waals surface area contributed by atoms with Crippen LogP contribution in [0.3, 0.4) is 0 Å². The van der Waals surface area contributed by atoms with Crippen LogP contribution >= 0.6 is 0 Å². The Morgan fingerprint density at radius 3 is 2.00 bits per heavy atom. The van der Waals surface area contributed by atoms with E-state index in [1.807, 2.05) is 0 Å². The largest absolute Gasteiger partial charge is 0.323 e. The highest BCUT2D eigenvalue weighted by atomic mass is 19.2. The summed E-state index contributed by atoms with van der Waals surface area (Å²) in [6.07, 6.45) is -1.86. The van der Waals surface area contributed by atoms with Gasteiger partial charge in [-0.3, -0.25) is 0 Å². The summed E-state index contributed by atoms with van der Waals surface area (Å²) in [5.74, 6) is -1.81. The predicted molar refractivity (Wildman–Crippen MR) is 48.5 cm³/mol. The highest BCUT2D eigenvalue weighted by molar-refractivity contribution is 5.24. The number of rotatable bonds is 2. The molecular weight excluding hydrogens is 191 g/mol. The molecule has 0 heterocycles. The van der Waals surface area contributed by atoms with Gasteiger partial charge in [0.2, 0.25) is 0 Å². The zero-order chi connectivity index (χ0) is 10.9. The Kier molecular flexibility index (Phi) is 2.85. The van der Waals surface area contributed by atoms with E-state index < -0.39 is 28.9 Å². The molecule has 0 spiro atoms. The second-order valence-corrected chi connectivity index (χ2v) is 3.82. The van der Waals surface area contributed by atoms with Gasteiger partial charge >= 0.3 is 0 Å². The van der Waals surface area contributed by atoms with Crippen LogP contribution < -0.4 is 5.73 Å². The standard InChI is InChI=1S/C10H12F3N/c1-10(2,14)9(13)8-6(11)4-3-5-7(8)12/h3-5,9H,14H2,1-2H3. The number of hydrogen-bond acceptors (Lipinski definition) is 1. The third-order valence-corrected chi connectivity index (χ3v) is 1.91. The Labute approximate surface area is 80.7 Å². The summed E-state index contributed by atoms with van der Waals surface area (Å²) in [4.78, 5) is 0. The van der Waals surface area contributed by atoms with Crippen LogP contribution in [0.2, 0.25) is 0 Å². The van der Waals surface area contributed by atoms with Gasteiger partial charge in [-0.2, -0.15) is 0 Å². The van der Waals surface area contributed by atoms with Gasteiger partial charge in [-0.25, -0.2) is 13.2 Å². The van der Waals surface area contributed by atoms with E-state index in [4.69, 9.17) is 5.73 Å². The molecule has 2 N–H and O–H groups in total. The maximum Gasteiger partial charge on any atom is 0.148 e. The van der Waals surface area contributed by atoms with E-state index in [0.29, 0.717) is 0 Å². The molecule has 0 aliphatic heterocycles. The zero-order valence-electron chi connectivity index (χ0n) is 8.02. The van der Waals surface area contributed by atoms with Gasteiger partial charge in [-0.15, -0.1) is 0 Å². The van der Waals surface area contributed by atoms with Crippen molar-refractivity contribution >= 4 is 0 Å². The van der Waals surface area contributed by atoms with Crippen LogP contribution in [-0.4, -0.2) is 5.54 Å². The minimum Gasteiger partial charge on any atom is -0.323 e. The minimum absolute atomic E-state index is 0.597. The first-order chi connectivity index (χ1) is 6.34. The van der Waals surface area contributed by atoms with E-state index >= 15 is 0 Å². The highest BCUT2D eigenvalue weighted by Gasteiger charge is 2.31. The SMILES string of the molecule is CC(C)(N)C(F)c1c(F)cccc1F. The lowest BCUT2D eigenvalue weighted by atomic mass is 9.93. The molecule has 14 heavy (non-hydrogen) atoms. The van der Waals surface area contributed by atoms with E-state index in [9.17, 15) is 13.2 Å². The van der Waals surface area contributed by atoms with Crippen molar-refractivity contribution in [3.63, 3.8) is 0 Å². The van der Waals surface area contributed by atoms with Gasteiger partial charge in [0.25, 0.3) is 0 Å². The first-order valence-corrected chi connectivity index (χ1v) is 4.21. The number of hydrogen-bond donors (Lipinski definition) is 1. The van der Waals surface area contributed by atoms with Gasteiger partial charge in [0.1, 0.15) is 17.8 Å². The van der Waals surface area contributed by atoms with E-state index in [1.165, 1.54) is 19.9 Å². The fourth-order valence-corrected chi connectivity index (χ4v) is 1.12. The normalized spacial score (nSPS) is 14.1. The maximum absolute atomic E-state index is 13.6. The summed E-state index contributed by atoms with van der Waals surface area (Å²) in [6, 6.07) is 3.21. The van der Waals surface area contributed by atoms with E-state index in [1.54, 1.807) is 0 Å². The lowest BCUT2D eigenvalue weighted by Crippen LogP contribution is -2.38. The first-order valence-electron chi connectivity index (χ1n) is 4.21. The maximum atomic E-state index is 13.6. The second kappa shape index (κ2) is 3.61. The molecule has 1 unspecified atom stereocenters. The van der Waals surface area contributed by atoms with Crippen LogP contribution in [0.1, 0.15) is 25.6 Å². The molecule has 0 aliphatic rings. The Morgan fingerprint density at radius 2 is 1.64 bits per heavy atom. The smallest absolute Gasteiger partial charge is 0.148 e. The molecule has 1 nitrogen and oxygen atoms in total.